The molecule has 0 aliphatic carbocycles. The maximum absolute atomic E-state index is 10.8. The zero-order valence-corrected chi connectivity index (χ0v) is 11.2. The Bertz CT molecular complexity index is 502. The molecular weight excluding hydrogens is 256 g/mol. The van der Waals surface area contributed by atoms with E-state index >= 15 is 0 Å². The lowest BCUT2D eigenvalue weighted by molar-refractivity contribution is 0.436. The highest BCUT2D eigenvalue weighted by molar-refractivity contribution is 7.88. The quantitative estimate of drug-likeness (QED) is 0.559. The molecule has 0 aromatic heterocycles. The van der Waals surface area contributed by atoms with Gasteiger partial charge in [-0.2, -0.15) is 0 Å². The number of hydrogen-bond donors (Lipinski definition) is 4. The SMILES string of the molecule is CC(NCCNS(C)(=O)=O)c1ccc(O)cc1O. The van der Waals surface area contributed by atoms with Gasteiger partial charge in [0.2, 0.25) is 10.0 Å². The summed E-state index contributed by atoms with van der Waals surface area (Å²) in [6.45, 7) is 2.56. The third kappa shape index (κ3) is 4.91. The van der Waals surface area contributed by atoms with Crippen LogP contribution in [0.1, 0.15) is 18.5 Å². The van der Waals surface area contributed by atoms with E-state index in [1.54, 1.807) is 6.07 Å². The maximum Gasteiger partial charge on any atom is 0.208 e. The van der Waals surface area contributed by atoms with Gasteiger partial charge in [0.05, 0.1) is 6.26 Å². The van der Waals surface area contributed by atoms with Gasteiger partial charge in [0.25, 0.3) is 0 Å². The topological polar surface area (TPSA) is 98.7 Å². The van der Waals surface area contributed by atoms with Gasteiger partial charge >= 0.3 is 0 Å². The molecule has 1 aromatic rings. The van der Waals surface area contributed by atoms with E-state index in [9.17, 15) is 13.5 Å². The highest BCUT2D eigenvalue weighted by Crippen LogP contribution is 2.27. The molecule has 0 spiro atoms. The van der Waals surface area contributed by atoms with Crippen molar-refractivity contribution in [3.8, 4) is 11.5 Å². The van der Waals surface area contributed by atoms with Crippen LogP contribution < -0.4 is 10.0 Å². The lowest BCUT2D eigenvalue weighted by Crippen LogP contribution is -2.32. The summed E-state index contributed by atoms with van der Waals surface area (Å²) in [5.41, 5.74) is 0.646. The standard InChI is InChI=1S/C11H18N2O4S/c1-8(12-5-6-13-18(2,16)17)10-4-3-9(14)7-11(10)15/h3-4,7-8,12-15H,5-6H2,1-2H3. The molecule has 1 unspecified atom stereocenters. The number of phenolic OH excluding ortho intramolecular Hbond substituents is 2. The van der Waals surface area contributed by atoms with Gasteiger partial charge in [0.15, 0.2) is 0 Å². The van der Waals surface area contributed by atoms with Gasteiger partial charge in [-0.15, -0.1) is 0 Å². The van der Waals surface area contributed by atoms with Crippen molar-refractivity contribution in [3.63, 3.8) is 0 Å². The van der Waals surface area contributed by atoms with Crippen LogP contribution in [0, 0.1) is 0 Å². The number of nitrogens with one attached hydrogen (secondary N) is 2. The van der Waals surface area contributed by atoms with Crippen molar-refractivity contribution in [2.75, 3.05) is 19.3 Å². The lowest BCUT2D eigenvalue weighted by Gasteiger charge is -2.15. The van der Waals surface area contributed by atoms with Gasteiger partial charge in [-0.3, -0.25) is 0 Å². The van der Waals surface area contributed by atoms with E-state index in [0.29, 0.717) is 12.1 Å². The normalized spacial score (nSPS) is 13.4. The van der Waals surface area contributed by atoms with Crippen LogP contribution in [0.2, 0.25) is 0 Å². The van der Waals surface area contributed by atoms with Gasteiger partial charge in [-0.25, -0.2) is 13.1 Å². The second-order valence-corrected chi connectivity index (χ2v) is 5.92. The number of aromatic hydroxyl groups is 2. The van der Waals surface area contributed by atoms with E-state index in [-0.39, 0.29) is 24.1 Å². The van der Waals surface area contributed by atoms with Crippen LogP contribution in [-0.4, -0.2) is 38.0 Å². The van der Waals surface area contributed by atoms with Crippen molar-refractivity contribution >= 4 is 10.0 Å². The molecule has 6 nitrogen and oxygen atoms in total. The summed E-state index contributed by atoms with van der Waals surface area (Å²) in [5, 5.41) is 21.9. The van der Waals surface area contributed by atoms with Gasteiger partial charge < -0.3 is 15.5 Å². The van der Waals surface area contributed by atoms with Crippen LogP contribution in [0.25, 0.3) is 0 Å². The monoisotopic (exact) mass is 274 g/mol. The summed E-state index contributed by atoms with van der Waals surface area (Å²) in [7, 11) is -3.17. The van der Waals surface area contributed by atoms with Crippen molar-refractivity contribution in [3.05, 3.63) is 23.8 Å². The summed E-state index contributed by atoms with van der Waals surface area (Å²) in [5.74, 6) is 0.00765. The molecule has 0 bridgehead atoms. The predicted octanol–water partition coefficient (Wildman–Crippen LogP) is 0.298. The van der Waals surface area contributed by atoms with E-state index in [2.05, 4.69) is 10.0 Å². The molecule has 0 fully saturated rings. The van der Waals surface area contributed by atoms with Crippen molar-refractivity contribution in [2.45, 2.75) is 13.0 Å². The van der Waals surface area contributed by atoms with Crippen molar-refractivity contribution in [2.24, 2.45) is 0 Å². The molecule has 102 valence electrons. The molecule has 0 heterocycles. The first-order chi connectivity index (χ1) is 8.29. The minimum Gasteiger partial charge on any atom is -0.508 e. The summed E-state index contributed by atoms with van der Waals surface area (Å²) in [6, 6.07) is 4.23. The largest absolute Gasteiger partial charge is 0.508 e. The molecule has 0 saturated carbocycles. The fraction of sp³-hybridized carbons (Fsp3) is 0.455. The van der Waals surface area contributed by atoms with Crippen molar-refractivity contribution < 1.29 is 18.6 Å². The summed E-state index contributed by atoms with van der Waals surface area (Å²) in [4.78, 5) is 0. The van der Waals surface area contributed by atoms with Crippen LogP contribution in [0.5, 0.6) is 11.5 Å². The first-order valence-corrected chi connectivity index (χ1v) is 7.38. The summed E-state index contributed by atoms with van der Waals surface area (Å²) in [6.07, 6.45) is 1.10. The summed E-state index contributed by atoms with van der Waals surface area (Å²) >= 11 is 0. The average molecular weight is 274 g/mol. The molecule has 0 amide bonds. The first kappa shape index (κ1) is 14.7. The lowest BCUT2D eigenvalue weighted by atomic mass is 10.1. The molecule has 1 rings (SSSR count). The van der Waals surface area contributed by atoms with Crippen LogP contribution in [0.4, 0.5) is 0 Å². The van der Waals surface area contributed by atoms with Crippen LogP contribution in [0.3, 0.4) is 0 Å². The zero-order chi connectivity index (χ0) is 13.8. The Morgan fingerprint density at radius 1 is 1.28 bits per heavy atom. The fourth-order valence-corrected chi connectivity index (χ4v) is 2.01. The Kier molecular flexibility index (Phi) is 4.94. The number of sulfonamides is 1. The minimum absolute atomic E-state index is 0.00203. The molecule has 0 aliphatic rings. The molecule has 0 radical (unpaired) electrons. The smallest absolute Gasteiger partial charge is 0.208 e. The molecule has 1 aromatic carbocycles. The zero-order valence-electron chi connectivity index (χ0n) is 10.3. The molecule has 0 saturated heterocycles. The van der Waals surface area contributed by atoms with Crippen LogP contribution >= 0.6 is 0 Å². The number of rotatable bonds is 6. The summed E-state index contributed by atoms with van der Waals surface area (Å²) < 4.78 is 24.0. The molecular formula is C11H18N2O4S. The average Bonchev–Trinajstić information content (AvgIpc) is 2.22. The predicted molar refractivity (Wildman–Crippen MR) is 69.0 cm³/mol. The first-order valence-electron chi connectivity index (χ1n) is 5.49. The highest BCUT2D eigenvalue weighted by atomic mass is 32.2. The molecule has 7 heteroatoms. The third-order valence-corrected chi connectivity index (χ3v) is 3.15. The third-order valence-electron chi connectivity index (χ3n) is 2.42. The molecule has 0 aliphatic heterocycles. The van der Waals surface area contributed by atoms with Crippen molar-refractivity contribution in [1.29, 1.82) is 0 Å². The van der Waals surface area contributed by atoms with E-state index in [1.165, 1.54) is 12.1 Å². The Balaban J connectivity index is 2.48. The molecule has 18 heavy (non-hydrogen) atoms. The Labute approximate surface area is 107 Å². The van der Waals surface area contributed by atoms with Gasteiger partial charge in [-0.05, 0) is 13.0 Å². The maximum atomic E-state index is 10.8. The molecule has 1 atom stereocenters. The van der Waals surface area contributed by atoms with Crippen molar-refractivity contribution in [1.82, 2.24) is 10.0 Å². The van der Waals surface area contributed by atoms with Gasteiger partial charge in [-0.1, -0.05) is 6.07 Å². The second-order valence-electron chi connectivity index (χ2n) is 4.09. The number of phenols is 2. The van der Waals surface area contributed by atoms with E-state index in [4.69, 9.17) is 5.11 Å². The van der Waals surface area contributed by atoms with E-state index in [1.807, 2.05) is 6.92 Å². The Morgan fingerprint density at radius 3 is 2.50 bits per heavy atom. The Hall–Kier alpha value is -1.31. The fourth-order valence-electron chi connectivity index (χ4n) is 1.53. The highest BCUT2D eigenvalue weighted by Gasteiger charge is 2.10. The van der Waals surface area contributed by atoms with E-state index in [0.717, 1.165) is 6.26 Å². The number of benzene rings is 1. The Morgan fingerprint density at radius 2 is 1.94 bits per heavy atom. The molecule has 4 N–H and O–H groups in total. The van der Waals surface area contributed by atoms with Crippen LogP contribution in [-0.2, 0) is 10.0 Å². The van der Waals surface area contributed by atoms with Gasteiger partial charge in [0, 0.05) is 30.8 Å². The van der Waals surface area contributed by atoms with Crippen LogP contribution in [0.15, 0.2) is 18.2 Å². The minimum atomic E-state index is -3.17. The second kappa shape index (κ2) is 6.03. The van der Waals surface area contributed by atoms with Gasteiger partial charge in [0.1, 0.15) is 11.5 Å². The number of hydrogen-bond acceptors (Lipinski definition) is 5. The van der Waals surface area contributed by atoms with E-state index < -0.39 is 10.0 Å².